The average Bonchev–Trinajstić information content (AvgIpc) is 3.16. The van der Waals surface area contributed by atoms with Crippen LogP contribution >= 0.6 is 0 Å². The first-order chi connectivity index (χ1) is 16.3. The Morgan fingerprint density at radius 1 is 1.06 bits per heavy atom. The number of sulfonamides is 1. The van der Waals surface area contributed by atoms with Crippen LogP contribution in [0.25, 0.3) is 10.9 Å². The van der Waals surface area contributed by atoms with Crippen molar-refractivity contribution in [3.05, 3.63) is 78.4 Å². The standard InChI is InChI=1S/C24H22N4O5S/c1-16-10-12-19(13-11-16)34(31,32)28(17-6-5-7-18(14-17)33-2)15-22(29)26-27-23-20-8-3-4-9-21(20)25-24(23)30/h3-14,25,30H,15H2,1-2H3. The van der Waals surface area contributed by atoms with Gasteiger partial charge in [-0.05, 0) is 37.3 Å². The van der Waals surface area contributed by atoms with E-state index in [1.807, 2.05) is 6.92 Å². The molecule has 4 rings (SSSR count). The largest absolute Gasteiger partial charge is 0.497 e. The molecule has 0 saturated heterocycles. The summed E-state index contributed by atoms with van der Waals surface area (Å²) < 4.78 is 33.1. The Morgan fingerprint density at radius 2 is 1.79 bits per heavy atom. The van der Waals surface area contributed by atoms with Crippen molar-refractivity contribution in [2.75, 3.05) is 18.0 Å². The number of methoxy groups -OCH3 is 1. The van der Waals surface area contributed by atoms with Gasteiger partial charge in [0.15, 0.2) is 5.69 Å². The topological polar surface area (TPSA) is 124 Å². The van der Waals surface area contributed by atoms with Gasteiger partial charge < -0.3 is 14.8 Å². The first-order valence-electron chi connectivity index (χ1n) is 10.3. The SMILES string of the molecule is COc1cccc(N(CC(=O)N=Nc2c(O)[nH]c3ccccc23)S(=O)(=O)c2ccc(C)cc2)c1. The number of aryl methyl sites for hydroxylation is 1. The number of carbonyl (C=O) groups excluding carboxylic acids is 1. The van der Waals surface area contributed by atoms with Crippen LogP contribution < -0.4 is 9.04 Å². The lowest BCUT2D eigenvalue weighted by Crippen LogP contribution is -2.35. The zero-order valence-electron chi connectivity index (χ0n) is 18.5. The molecule has 0 fully saturated rings. The molecule has 1 aromatic heterocycles. The molecule has 0 aliphatic carbocycles. The van der Waals surface area contributed by atoms with Gasteiger partial charge in [-0.3, -0.25) is 9.10 Å². The molecule has 0 atom stereocenters. The summed E-state index contributed by atoms with van der Waals surface area (Å²) in [5.74, 6) is -0.628. The lowest BCUT2D eigenvalue weighted by molar-refractivity contribution is -0.116. The third kappa shape index (κ3) is 4.62. The number of azo groups is 1. The molecule has 0 aliphatic rings. The second-order valence-electron chi connectivity index (χ2n) is 7.49. The highest BCUT2D eigenvalue weighted by Crippen LogP contribution is 2.35. The van der Waals surface area contributed by atoms with Gasteiger partial charge in [-0.2, -0.15) is 0 Å². The summed E-state index contributed by atoms with van der Waals surface area (Å²) in [5.41, 5.74) is 1.85. The van der Waals surface area contributed by atoms with E-state index in [-0.39, 0.29) is 22.2 Å². The maximum absolute atomic E-state index is 13.5. The molecular formula is C24H22N4O5S. The van der Waals surface area contributed by atoms with Crippen LogP contribution in [-0.2, 0) is 14.8 Å². The van der Waals surface area contributed by atoms with Gasteiger partial charge in [0.1, 0.15) is 12.3 Å². The molecule has 34 heavy (non-hydrogen) atoms. The number of hydrogen-bond donors (Lipinski definition) is 2. The van der Waals surface area contributed by atoms with E-state index in [1.54, 1.807) is 54.6 Å². The van der Waals surface area contributed by atoms with E-state index < -0.39 is 22.5 Å². The highest BCUT2D eigenvalue weighted by atomic mass is 32.2. The second-order valence-corrected chi connectivity index (χ2v) is 9.35. The summed E-state index contributed by atoms with van der Waals surface area (Å²) in [6, 6.07) is 19.7. The number of benzene rings is 3. The first kappa shape index (κ1) is 23.0. The summed E-state index contributed by atoms with van der Waals surface area (Å²) >= 11 is 0. The minimum atomic E-state index is -4.11. The number of para-hydroxylation sites is 1. The zero-order valence-corrected chi connectivity index (χ0v) is 19.3. The van der Waals surface area contributed by atoms with E-state index in [2.05, 4.69) is 15.2 Å². The molecule has 0 aliphatic heterocycles. The van der Waals surface area contributed by atoms with Gasteiger partial charge in [0, 0.05) is 11.5 Å². The molecule has 0 unspecified atom stereocenters. The number of fused-ring (bicyclic) bond motifs is 1. The molecule has 10 heteroatoms. The lowest BCUT2D eigenvalue weighted by atomic mass is 10.2. The van der Waals surface area contributed by atoms with Gasteiger partial charge in [0.2, 0.25) is 5.88 Å². The van der Waals surface area contributed by atoms with Crippen LogP contribution in [0.5, 0.6) is 11.6 Å². The number of ether oxygens (including phenoxy) is 1. The van der Waals surface area contributed by atoms with Crippen molar-refractivity contribution < 1.29 is 23.1 Å². The predicted octanol–water partition coefficient (Wildman–Crippen LogP) is 4.70. The summed E-state index contributed by atoms with van der Waals surface area (Å²) in [5, 5.41) is 18.3. The number of aromatic hydroxyl groups is 1. The summed E-state index contributed by atoms with van der Waals surface area (Å²) in [7, 11) is -2.64. The molecule has 2 N–H and O–H groups in total. The number of rotatable bonds is 7. The molecule has 174 valence electrons. The Balaban J connectivity index is 1.69. The van der Waals surface area contributed by atoms with Gasteiger partial charge in [0.05, 0.1) is 23.2 Å². The van der Waals surface area contributed by atoms with E-state index in [1.165, 1.54) is 25.3 Å². The van der Waals surface area contributed by atoms with Crippen molar-refractivity contribution in [2.24, 2.45) is 10.2 Å². The van der Waals surface area contributed by atoms with Crippen LogP contribution in [0.15, 0.2) is 87.9 Å². The van der Waals surface area contributed by atoms with Crippen molar-refractivity contribution in [3.8, 4) is 11.6 Å². The van der Waals surface area contributed by atoms with Gasteiger partial charge in [-0.25, -0.2) is 8.42 Å². The monoisotopic (exact) mass is 478 g/mol. The fraction of sp³-hybridized carbons (Fsp3) is 0.125. The van der Waals surface area contributed by atoms with Crippen molar-refractivity contribution in [1.29, 1.82) is 0 Å². The number of nitrogens with one attached hydrogen (secondary N) is 1. The van der Waals surface area contributed by atoms with Gasteiger partial charge >= 0.3 is 0 Å². The number of H-pyrrole nitrogens is 1. The lowest BCUT2D eigenvalue weighted by Gasteiger charge is -2.23. The first-order valence-corrected chi connectivity index (χ1v) is 11.7. The minimum Gasteiger partial charge on any atom is -0.497 e. The minimum absolute atomic E-state index is 0.0277. The zero-order chi connectivity index (χ0) is 24.3. The van der Waals surface area contributed by atoms with Crippen molar-refractivity contribution >= 4 is 38.2 Å². The molecule has 4 aromatic rings. The number of aromatic amines is 1. The van der Waals surface area contributed by atoms with E-state index >= 15 is 0 Å². The second kappa shape index (κ2) is 9.36. The Labute approximate surface area is 196 Å². The van der Waals surface area contributed by atoms with Crippen molar-refractivity contribution in [3.63, 3.8) is 0 Å². The maximum Gasteiger partial charge on any atom is 0.285 e. The highest BCUT2D eigenvalue weighted by molar-refractivity contribution is 7.92. The van der Waals surface area contributed by atoms with Crippen LogP contribution in [0.4, 0.5) is 11.4 Å². The molecule has 0 radical (unpaired) electrons. The maximum atomic E-state index is 13.5. The van der Waals surface area contributed by atoms with Crippen molar-refractivity contribution in [1.82, 2.24) is 4.98 Å². The number of carbonyl (C=O) groups is 1. The normalized spacial score (nSPS) is 11.7. The van der Waals surface area contributed by atoms with Gasteiger partial charge in [0.25, 0.3) is 15.9 Å². The Bertz CT molecular complexity index is 1480. The number of nitrogens with zero attached hydrogens (tertiary/aromatic N) is 3. The smallest absolute Gasteiger partial charge is 0.285 e. The summed E-state index contributed by atoms with van der Waals surface area (Å²) in [6.07, 6.45) is 0. The number of anilines is 1. The molecule has 0 spiro atoms. The van der Waals surface area contributed by atoms with Crippen LogP contribution in [-0.4, -0.2) is 38.1 Å². The van der Waals surface area contributed by atoms with Gasteiger partial charge in [-0.15, -0.1) is 10.2 Å². The third-order valence-corrected chi connectivity index (χ3v) is 6.94. The molecule has 3 aromatic carbocycles. The van der Waals surface area contributed by atoms with E-state index in [0.717, 1.165) is 9.87 Å². The Hall–Kier alpha value is -4.18. The quantitative estimate of drug-likeness (QED) is 0.373. The number of amides is 1. The molecule has 0 saturated carbocycles. The molecule has 1 heterocycles. The highest BCUT2D eigenvalue weighted by Gasteiger charge is 2.27. The fourth-order valence-electron chi connectivity index (χ4n) is 3.39. The van der Waals surface area contributed by atoms with E-state index in [0.29, 0.717) is 16.7 Å². The van der Waals surface area contributed by atoms with Crippen LogP contribution in [0.2, 0.25) is 0 Å². The molecule has 9 nitrogen and oxygen atoms in total. The third-order valence-electron chi connectivity index (χ3n) is 5.15. The molecule has 0 bridgehead atoms. The summed E-state index contributed by atoms with van der Waals surface area (Å²) in [4.78, 5) is 15.5. The van der Waals surface area contributed by atoms with E-state index in [9.17, 15) is 18.3 Å². The molecular weight excluding hydrogens is 456 g/mol. The van der Waals surface area contributed by atoms with Crippen molar-refractivity contribution in [2.45, 2.75) is 11.8 Å². The van der Waals surface area contributed by atoms with Crippen LogP contribution in [0, 0.1) is 6.92 Å². The Morgan fingerprint density at radius 3 is 2.53 bits per heavy atom. The fourth-order valence-corrected chi connectivity index (χ4v) is 4.80. The van der Waals surface area contributed by atoms with E-state index in [4.69, 9.17) is 4.74 Å². The van der Waals surface area contributed by atoms with Crippen LogP contribution in [0.3, 0.4) is 0 Å². The summed E-state index contributed by atoms with van der Waals surface area (Å²) in [6.45, 7) is 1.25. The van der Waals surface area contributed by atoms with Gasteiger partial charge in [-0.1, -0.05) is 42.0 Å². The average molecular weight is 479 g/mol. The number of aromatic nitrogens is 1. The molecule has 1 amide bonds. The predicted molar refractivity (Wildman–Crippen MR) is 128 cm³/mol. The van der Waals surface area contributed by atoms with Crippen LogP contribution in [0.1, 0.15) is 5.56 Å². The Kier molecular flexibility index (Phi) is 6.33. The number of hydrogen-bond acceptors (Lipinski definition) is 6.